The van der Waals surface area contributed by atoms with Gasteiger partial charge >= 0.3 is 0 Å². The van der Waals surface area contributed by atoms with Crippen LogP contribution in [0.15, 0.2) is 48.8 Å². The summed E-state index contributed by atoms with van der Waals surface area (Å²) < 4.78 is 19.3. The first-order valence-corrected chi connectivity index (χ1v) is 12.3. The number of aromatic nitrogens is 2. The van der Waals surface area contributed by atoms with Crippen LogP contribution in [-0.2, 0) is 13.1 Å². The molecule has 1 saturated heterocycles. The highest BCUT2D eigenvalue weighted by Crippen LogP contribution is 2.31. The monoisotopic (exact) mass is 499 g/mol. The van der Waals surface area contributed by atoms with Crippen LogP contribution >= 0.6 is 11.6 Å². The first-order valence-electron chi connectivity index (χ1n) is 12.0. The lowest BCUT2D eigenvalue weighted by atomic mass is 9.93. The molecule has 8 heteroatoms. The molecule has 188 valence electrons. The molecule has 0 saturated carbocycles. The van der Waals surface area contributed by atoms with E-state index in [0.29, 0.717) is 54.9 Å². The molecule has 1 aliphatic rings. The Labute approximate surface area is 212 Å². The lowest BCUT2D eigenvalue weighted by Gasteiger charge is -2.39. The van der Waals surface area contributed by atoms with E-state index in [1.165, 1.54) is 0 Å². The van der Waals surface area contributed by atoms with Crippen LogP contribution in [0, 0.1) is 13.8 Å². The Morgan fingerprint density at radius 1 is 1.06 bits per heavy atom. The van der Waals surface area contributed by atoms with Crippen molar-refractivity contribution >= 4 is 11.6 Å². The van der Waals surface area contributed by atoms with Crippen molar-refractivity contribution in [2.75, 3.05) is 33.4 Å². The van der Waals surface area contributed by atoms with E-state index in [1.807, 2.05) is 67.3 Å². The number of aliphatic hydroxyl groups is 1. The van der Waals surface area contributed by atoms with E-state index in [4.69, 9.17) is 25.8 Å². The van der Waals surface area contributed by atoms with Crippen molar-refractivity contribution in [3.8, 4) is 17.2 Å². The van der Waals surface area contributed by atoms with Crippen molar-refractivity contribution in [1.29, 1.82) is 0 Å². The van der Waals surface area contributed by atoms with Crippen LogP contribution in [0.5, 0.6) is 17.2 Å². The number of rotatable bonds is 10. The highest BCUT2D eigenvalue weighted by Gasteiger charge is 2.34. The van der Waals surface area contributed by atoms with Gasteiger partial charge in [0.05, 0.1) is 24.9 Å². The van der Waals surface area contributed by atoms with Crippen molar-refractivity contribution in [3.05, 3.63) is 70.5 Å². The van der Waals surface area contributed by atoms with Gasteiger partial charge < -0.3 is 19.3 Å². The quantitative estimate of drug-likeness (QED) is 0.438. The molecule has 1 N–H and O–H groups in total. The Hall–Kier alpha value is -2.74. The van der Waals surface area contributed by atoms with E-state index >= 15 is 0 Å². The van der Waals surface area contributed by atoms with Crippen LogP contribution in [0.1, 0.15) is 29.5 Å². The molecule has 0 bridgehead atoms. The molecule has 0 unspecified atom stereocenters. The van der Waals surface area contributed by atoms with Crippen LogP contribution in [0.25, 0.3) is 0 Å². The molecule has 0 amide bonds. The number of aryl methyl sites for hydroxylation is 2. The molecule has 4 rings (SSSR count). The first-order chi connectivity index (χ1) is 16.8. The molecule has 0 radical (unpaired) electrons. The zero-order valence-corrected chi connectivity index (χ0v) is 21.4. The summed E-state index contributed by atoms with van der Waals surface area (Å²) in [5.41, 5.74) is 2.37. The Kier molecular flexibility index (Phi) is 8.21. The number of nitrogens with zero attached hydrogens (tertiary/aromatic N) is 3. The molecule has 1 aromatic heterocycles. The Balaban J connectivity index is 1.33. The number of hydrogen-bond acceptors (Lipinski definition) is 6. The third-order valence-corrected chi connectivity index (χ3v) is 6.50. The number of piperidine rings is 1. The molecule has 2 heterocycles. The summed E-state index contributed by atoms with van der Waals surface area (Å²) in [5, 5.41) is 16.1. The largest absolute Gasteiger partial charge is 0.493 e. The van der Waals surface area contributed by atoms with Crippen LogP contribution < -0.4 is 14.2 Å². The minimum atomic E-state index is -0.927. The molecule has 1 fully saturated rings. The molecule has 2 aromatic carbocycles. The summed E-state index contributed by atoms with van der Waals surface area (Å²) in [6.07, 6.45) is 5.41. The van der Waals surface area contributed by atoms with E-state index in [9.17, 15) is 5.11 Å². The van der Waals surface area contributed by atoms with Gasteiger partial charge in [-0.2, -0.15) is 5.10 Å². The Bertz CT molecular complexity index is 1140. The van der Waals surface area contributed by atoms with Crippen molar-refractivity contribution in [1.82, 2.24) is 14.7 Å². The highest BCUT2D eigenvalue weighted by molar-refractivity contribution is 6.32. The number of benzene rings is 2. The second-order valence-corrected chi connectivity index (χ2v) is 9.78. The maximum atomic E-state index is 11.2. The third-order valence-electron chi connectivity index (χ3n) is 6.19. The molecule has 1 aliphatic heterocycles. The predicted octanol–water partition coefficient (Wildman–Crippen LogP) is 4.65. The summed E-state index contributed by atoms with van der Waals surface area (Å²) in [7, 11) is 1.65. The zero-order chi connectivity index (χ0) is 24.8. The van der Waals surface area contributed by atoms with Gasteiger partial charge in [0.25, 0.3) is 0 Å². The van der Waals surface area contributed by atoms with Crippen LogP contribution in [0.3, 0.4) is 0 Å². The van der Waals surface area contributed by atoms with Gasteiger partial charge in [0.2, 0.25) is 0 Å². The topological polar surface area (TPSA) is 69.0 Å². The number of likely N-dealkylation sites (tertiary alicyclic amines) is 1. The lowest BCUT2D eigenvalue weighted by molar-refractivity contribution is -0.0621. The minimum absolute atomic E-state index is 0.207. The fourth-order valence-corrected chi connectivity index (χ4v) is 4.59. The third kappa shape index (κ3) is 6.90. The summed E-state index contributed by atoms with van der Waals surface area (Å²) in [4.78, 5) is 2.25. The molecule has 1 atom stereocenters. The molecule has 3 aromatic rings. The second-order valence-electron chi connectivity index (χ2n) is 9.38. The number of hydrogen-bond donors (Lipinski definition) is 1. The number of methoxy groups -OCH3 is 1. The van der Waals surface area contributed by atoms with Crippen molar-refractivity contribution < 1.29 is 19.3 Å². The first kappa shape index (κ1) is 25.4. The summed E-state index contributed by atoms with van der Waals surface area (Å²) in [6, 6.07) is 11.7. The maximum absolute atomic E-state index is 11.2. The van der Waals surface area contributed by atoms with Gasteiger partial charge in [-0.25, -0.2) is 0 Å². The summed E-state index contributed by atoms with van der Waals surface area (Å²) >= 11 is 6.26. The Morgan fingerprint density at radius 2 is 1.91 bits per heavy atom. The number of β-amino-alcohol motifs (C(OH)–C–C–N with tert-alkyl or cyclic N) is 1. The summed E-state index contributed by atoms with van der Waals surface area (Å²) in [6.45, 7) is 7.53. The Morgan fingerprint density at radius 3 is 2.69 bits per heavy atom. The van der Waals surface area contributed by atoms with Gasteiger partial charge in [0.15, 0.2) is 11.5 Å². The average molecular weight is 500 g/mol. The van der Waals surface area contributed by atoms with Gasteiger partial charge in [-0.15, -0.1) is 0 Å². The second kappa shape index (κ2) is 11.3. The van der Waals surface area contributed by atoms with Crippen LogP contribution in [0.2, 0.25) is 5.02 Å². The highest BCUT2D eigenvalue weighted by atomic mass is 35.5. The van der Waals surface area contributed by atoms with Crippen molar-refractivity contribution in [3.63, 3.8) is 0 Å². The number of ether oxygens (including phenoxy) is 3. The van der Waals surface area contributed by atoms with Gasteiger partial charge in [0, 0.05) is 19.3 Å². The van der Waals surface area contributed by atoms with Gasteiger partial charge in [-0.1, -0.05) is 23.7 Å². The standard InChI is InChI=1S/C27H34ClN3O4/c1-20-5-7-23(28)25(13-20)35-19-27(32)9-4-10-30(18-27)17-22-6-8-24(26(14-22)33-3)34-12-11-31-16-21(2)15-29-31/h5-8,13-16,32H,4,9-12,17-19H2,1-3H3/t27-/m0/s1. The van der Waals surface area contributed by atoms with Crippen LogP contribution in [-0.4, -0.2) is 58.8 Å². The smallest absolute Gasteiger partial charge is 0.161 e. The van der Waals surface area contributed by atoms with Crippen molar-refractivity contribution in [2.45, 2.75) is 45.4 Å². The minimum Gasteiger partial charge on any atom is -0.493 e. The molecule has 0 spiro atoms. The van der Waals surface area contributed by atoms with Crippen LogP contribution in [0.4, 0.5) is 0 Å². The maximum Gasteiger partial charge on any atom is 0.161 e. The van der Waals surface area contributed by atoms with E-state index in [2.05, 4.69) is 10.00 Å². The van der Waals surface area contributed by atoms with E-state index < -0.39 is 5.60 Å². The summed E-state index contributed by atoms with van der Waals surface area (Å²) in [5.74, 6) is 2.02. The zero-order valence-electron chi connectivity index (χ0n) is 20.7. The lowest BCUT2D eigenvalue weighted by Crippen LogP contribution is -2.51. The molecule has 7 nitrogen and oxygen atoms in total. The predicted molar refractivity (Wildman–Crippen MR) is 137 cm³/mol. The van der Waals surface area contributed by atoms with Gasteiger partial charge in [-0.3, -0.25) is 9.58 Å². The van der Waals surface area contributed by atoms with Gasteiger partial charge in [0.1, 0.15) is 24.6 Å². The van der Waals surface area contributed by atoms with E-state index in [0.717, 1.165) is 29.7 Å². The molecule has 35 heavy (non-hydrogen) atoms. The van der Waals surface area contributed by atoms with E-state index in [-0.39, 0.29) is 6.61 Å². The molecular formula is C27H34ClN3O4. The fourth-order valence-electron chi connectivity index (χ4n) is 4.42. The SMILES string of the molecule is COc1cc(CN2CCC[C@@](O)(COc3cc(C)ccc3Cl)C2)ccc1OCCn1cc(C)cn1. The molecule has 0 aliphatic carbocycles. The normalized spacial score (nSPS) is 18.4. The number of halogens is 1. The fraction of sp³-hybridized carbons (Fsp3) is 0.444. The van der Waals surface area contributed by atoms with Gasteiger partial charge in [-0.05, 0) is 74.2 Å². The molecular weight excluding hydrogens is 466 g/mol. The van der Waals surface area contributed by atoms with E-state index in [1.54, 1.807) is 7.11 Å². The average Bonchev–Trinajstić information content (AvgIpc) is 3.25. The van der Waals surface area contributed by atoms with Crippen molar-refractivity contribution in [2.24, 2.45) is 0 Å².